The molecular weight excluding hydrogens is 226 g/mol. The van der Waals surface area contributed by atoms with Crippen molar-refractivity contribution in [2.75, 3.05) is 26.0 Å². The first-order chi connectivity index (χ1) is 7.95. The van der Waals surface area contributed by atoms with Crippen molar-refractivity contribution >= 4 is 11.6 Å². The Morgan fingerprint density at radius 1 is 1.47 bits per heavy atom. The van der Waals surface area contributed by atoms with Gasteiger partial charge in [-0.2, -0.15) is 0 Å². The highest BCUT2D eigenvalue weighted by atomic mass is 19.3. The first-order valence-corrected chi connectivity index (χ1v) is 5.27. The maximum atomic E-state index is 12.2. The Hall–Kier alpha value is -1.65. The minimum absolute atomic E-state index is 0.404. The number of aryl methyl sites for hydroxylation is 1. The topological polar surface area (TPSA) is 32.3 Å². The zero-order valence-corrected chi connectivity index (χ0v) is 10.1. The highest BCUT2D eigenvalue weighted by molar-refractivity contribution is 5.99. The summed E-state index contributed by atoms with van der Waals surface area (Å²) in [7, 11) is 3.06. The second kappa shape index (κ2) is 5.61. The largest absolute Gasteiger partial charge is 0.387 e. The van der Waals surface area contributed by atoms with Gasteiger partial charge in [0.2, 0.25) is 0 Å². The van der Waals surface area contributed by atoms with Gasteiger partial charge in [0.25, 0.3) is 12.3 Å². The summed E-state index contributed by atoms with van der Waals surface area (Å²) in [5, 5.41) is 2.88. The lowest BCUT2D eigenvalue weighted by Crippen LogP contribution is -2.31. The van der Waals surface area contributed by atoms with Crippen LogP contribution in [-0.4, -0.2) is 37.9 Å². The second-order valence-corrected chi connectivity index (χ2v) is 3.88. The van der Waals surface area contributed by atoms with Crippen molar-refractivity contribution in [3.05, 3.63) is 29.3 Å². The maximum Gasteiger partial charge on any atom is 0.255 e. The summed E-state index contributed by atoms with van der Waals surface area (Å²) < 4.78 is 24.4. The van der Waals surface area contributed by atoms with Gasteiger partial charge < -0.3 is 10.2 Å². The molecule has 0 radical (unpaired) electrons. The van der Waals surface area contributed by atoms with Gasteiger partial charge in [0.15, 0.2) is 0 Å². The molecule has 1 amide bonds. The normalized spacial score (nSPS) is 10.5. The van der Waals surface area contributed by atoms with Crippen molar-refractivity contribution in [1.29, 1.82) is 0 Å². The van der Waals surface area contributed by atoms with E-state index in [1.165, 1.54) is 7.05 Å². The number of anilines is 1. The number of benzene rings is 1. The van der Waals surface area contributed by atoms with E-state index in [-0.39, 0.29) is 0 Å². The van der Waals surface area contributed by atoms with Crippen molar-refractivity contribution in [3.8, 4) is 0 Å². The zero-order valence-electron chi connectivity index (χ0n) is 10.1. The van der Waals surface area contributed by atoms with E-state index >= 15 is 0 Å². The molecule has 0 fully saturated rings. The third kappa shape index (κ3) is 3.41. The van der Waals surface area contributed by atoms with Crippen LogP contribution in [0.2, 0.25) is 0 Å². The lowest BCUT2D eigenvalue weighted by atomic mass is 10.1. The molecule has 0 saturated heterocycles. The summed E-state index contributed by atoms with van der Waals surface area (Å²) in [6, 6.07) is 5.31. The molecule has 1 aromatic rings. The van der Waals surface area contributed by atoms with Crippen molar-refractivity contribution in [1.82, 2.24) is 4.90 Å². The van der Waals surface area contributed by atoms with Gasteiger partial charge in [-0.05, 0) is 19.1 Å². The summed E-state index contributed by atoms with van der Waals surface area (Å²) in [6.45, 7) is 1.29. The number of halogens is 2. The van der Waals surface area contributed by atoms with Crippen molar-refractivity contribution in [2.45, 2.75) is 13.3 Å². The van der Waals surface area contributed by atoms with Crippen LogP contribution in [0.15, 0.2) is 18.2 Å². The third-order valence-electron chi connectivity index (χ3n) is 2.43. The Morgan fingerprint density at radius 3 is 2.65 bits per heavy atom. The van der Waals surface area contributed by atoms with E-state index in [2.05, 4.69) is 5.32 Å². The highest BCUT2D eigenvalue weighted by Gasteiger charge is 2.18. The molecule has 1 rings (SSSR count). The molecule has 0 unspecified atom stereocenters. The van der Waals surface area contributed by atoms with Gasteiger partial charge in [0.05, 0.1) is 12.1 Å². The molecule has 0 saturated carbocycles. The summed E-state index contributed by atoms with van der Waals surface area (Å²) in [6.07, 6.45) is -2.52. The Bertz CT molecular complexity index is 407. The van der Waals surface area contributed by atoms with Gasteiger partial charge in [0.1, 0.15) is 0 Å². The van der Waals surface area contributed by atoms with Crippen LogP contribution in [0.4, 0.5) is 14.5 Å². The van der Waals surface area contributed by atoms with Crippen LogP contribution >= 0.6 is 0 Å². The van der Waals surface area contributed by atoms with E-state index in [0.717, 1.165) is 10.5 Å². The number of alkyl halides is 2. The molecule has 0 spiro atoms. The average Bonchev–Trinajstić information content (AvgIpc) is 2.27. The number of carbonyl (C=O) groups is 1. The van der Waals surface area contributed by atoms with Gasteiger partial charge in [-0.15, -0.1) is 0 Å². The summed E-state index contributed by atoms with van der Waals surface area (Å²) in [4.78, 5) is 13.0. The predicted octanol–water partition coefficient (Wildman–Crippen LogP) is 2.37. The maximum absolute atomic E-state index is 12.2. The molecule has 3 nitrogen and oxygen atoms in total. The van der Waals surface area contributed by atoms with E-state index < -0.39 is 18.9 Å². The summed E-state index contributed by atoms with van der Waals surface area (Å²) >= 11 is 0. The summed E-state index contributed by atoms with van der Waals surface area (Å²) in [5.74, 6) is -0.404. The smallest absolute Gasteiger partial charge is 0.255 e. The number of nitrogens with one attached hydrogen (secondary N) is 1. The molecule has 0 aliphatic rings. The standard InChI is InChI=1S/C12H16F2N2O/c1-8-4-5-10(15-2)9(6-8)12(17)16(3)7-11(13)14/h4-6,11,15H,7H2,1-3H3. The van der Waals surface area contributed by atoms with Gasteiger partial charge in [-0.1, -0.05) is 11.6 Å². The monoisotopic (exact) mass is 242 g/mol. The van der Waals surface area contributed by atoms with E-state index in [0.29, 0.717) is 11.3 Å². The molecule has 1 N–H and O–H groups in total. The first kappa shape index (κ1) is 13.4. The molecular formula is C12H16F2N2O. The first-order valence-electron chi connectivity index (χ1n) is 5.27. The average molecular weight is 242 g/mol. The van der Waals surface area contributed by atoms with Crippen LogP contribution < -0.4 is 5.32 Å². The van der Waals surface area contributed by atoms with Crippen LogP contribution in [0, 0.1) is 6.92 Å². The Balaban J connectivity index is 2.98. The SMILES string of the molecule is CNc1ccc(C)cc1C(=O)N(C)CC(F)F. The molecule has 5 heteroatoms. The number of hydrogen-bond donors (Lipinski definition) is 1. The number of nitrogens with zero attached hydrogens (tertiary/aromatic N) is 1. The Morgan fingerprint density at radius 2 is 2.12 bits per heavy atom. The second-order valence-electron chi connectivity index (χ2n) is 3.88. The predicted molar refractivity (Wildman–Crippen MR) is 63.7 cm³/mol. The summed E-state index contributed by atoms with van der Waals surface area (Å²) in [5.41, 5.74) is 1.97. The fourth-order valence-electron chi connectivity index (χ4n) is 1.55. The molecule has 1 aromatic carbocycles. The zero-order chi connectivity index (χ0) is 13.0. The van der Waals surface area contributed by atoms with Gasteiger partial charge in [-0.25, -0.2) is 8.78 Å². The quantitative estimate of drug-likeness (QED) is 0.879. The van der Waals surface area contributed by atoms with E-state index in [1.807, 2.05) is 13.0 Å². The molecule has 0 atom stereocenters. The Kier molecular flexibility index (Phi) is 4.43. The van der Waals surface area contributed by atoms with E-state index in [1.54, 1.807) is 19.2 Å². The van der Waals surface area contributed by atoms with Gasteiger partial charge >= 0.3 is 0 Å². The fourth-order valence-corrected chi connectivity index (χ4v) is 1.55. The van der Waals surface area contributed by atoms with Crippen LogP contribution in [0.25, 0.3) is 0 Å². The number of carbonyl (C=O) groups excluding carboxylic acids is 1. The van der Waals surface area contributed by atoms with Crippen LogP contribution in [0.5, 0.6) is 0 Å². The lowest BCUT2D eigenvalue weighted by Gasteiger charge is -2.18. The third-order valence-corrected chi connectivity index (χ3v) is 2.43. The minimum Gasteiger partial charge on any atom is -0.387 e. The number of amides is 1. The molecule has 94 valence electrons. The van der Waals surface area contributed by atoms with Crippen LogP contribution in [0.1, 0.15) is 15.9 Å². The minimum atomic E-state index is -2.52. The lowest BCUT2D eigenvalue weighted by molar-refractivity contribution is 0.0621. The van der Waals surface area contributed by atoms with Gasteiger partial charge in [0, 0.05) is 19.8 Å². The number of hydrogen-bond acceptors (Lipinski definition) is 2. The van der Waals surface area contributed by atoms with Crippen LogP contribution in [0.3, 0.4) is 0 Å². The molecule has 0 heterocycles. The number of rotatable bonds is 4. The molecule has 0 bridgehead atoms. The fraction of sp³-hybridized carbons (Fsp3) is 0.417. The molecule has 0 aromatic heterocycles. The van der Waals surface area contributed by atoms with Crippen molar-refractivity contribution < 1.29 is 13.6 Å². The van der Waals surface area contributed by atoms with Crippen molar-refractivity contribution in [3.63, 3.8) is 0 Å². The van der Waals surface area contributed by atoms with Crippen molar-refractivity contribution in [2.24, 2.45) is 0 Å². The molecule has 17 heavy (non-hydrogen) atoms. The molecule has 0 aliphatic heterocycles. The van der Waals surface area contributed by atoms with Crippen LogP contribution in [-0.2, 0) is 0 Å². The van der Waals surface area contributed by atoms with E-state index in [9.17, 15) is 13.6 Å². The highest BCUT2D eigenvalue weighted by Crippen LogP contribution is 2.18. The Labute approximate surface area is 99.4 Å². The van der Waals surface area contributed by atoms with Gasteiger partial charge in [-0.3, -0.25) is 4.79 Å². The van der Waals surface area contributed by atoms with E-state index in [4.69, 9.17) is 0 Å². The molecule has 0 aliphatic carbocycles.